The highest BCUT2D eigenvalue weighted by molar-refractivity contribution is 5.77. The van der Waals surface area contributed by atoms with Crippen molar-refractivity contribution in [2.45, 2.75) is 13.3 Å². The SMILES string of the molecule is CCOCC(=O)N(C)CCCN(C)C. The summed E-state index contributed by atoms with van der Waals surface area (Å²) < 4.78 is 5.04. The van der Waals surface area contributed by atoms with Gasteiger partial charge in [0.1, 0.15) is 6.61 Å². The van der Waals surface area contributed by atoms with Gasteiger partial charge < -0.3 is 14.5 Å². The Hall–Kier alpha value is -0.610. The van der Waals surface area contributed by atoms with Crippen LogP contribution < -0.4 is 0 Å². The number of amides is 1. The molecule has 0 N–H and O–H groups in total. The van der Waals surface area contributed by atoms with Crippen LogP contribution in [0.3, 0.4) is 0 Å². The molecule has 0 bridgehead atoms. The van der Waals surface area contributed by atoms with E-state index in [1.165, 1.54) is 0 Å². The van der Waals surface area contributed by atoms with E-state index in [0.29, 0.717) is 6.61 Å². The molecule has 4 heteroatoms. The maximum atomic E-state index is 11.4. The number of carbonyl (C=O) groups excluding carboxylic acids is 1. The van der Waals surface area contributed by atoms with Crippen LogP contribution in [0.2, 0.25) is 0 Å². The van der Waals surface area contributed by atoms with Gasteiger partial charge in [-0.2, -0.15) is 0 Å². The summed E-state index contributed by atoms with van der Waals surface area (Å²) in [5.41, 5.74) is 0. The Morgan fingerprint density at radius 3 is 2.36 bits per heavy atom. The van der Waals surface area contributed by atoms with Gasteiger partial charge in [0.25, 0.3) is 0 Å². The molecule has 4 nitrogen and oxygen atoms in total. The molecule has 0 aliphatic rings. The summed E-state index contributed by atoms with van der Waals surface area (Å²) in [7, 11) is 5.88. The van der Waals surface area contributed by atoms with Gasteiger partial charge >= 0.3 is 0 Å². The lowest BCUT2D eigenvalue weighted by Crippen LogP contribution is -2.32. The van der Waals surface area contributed by atoms with Gasteiger partial charge in [-0.3, -0.25) is 4.79 Å². The van der Waals surface area contributed by atoms with E-state index in [-0.39, 0.29) is 12.5 Å². The lowest BCUT2D eigenvalue weighted by molar-refractivity contribution is -0.134. The van der Waals surface area contributed by atoms with Gasteiger partial charge in [0.15, 0.2) is 0 Å². The first-order valence-corrected chi connectivity index (χ1v) is 5.04. The quantitative estimate of drug-likeness (QED) is 0.600. The molecule has 0 aliphatic carbocycles. The molecule has 0 saturated carbocycles. The molecule has 14 heavy (non-hydrogen) atoms. The van der Waals surface area contributed by atoms with Crippen molar-refractivity contribution in [3.8, 4) is 0 Å². The highest BCUT2D eigenvalue weighted by atomic mass is 16.5. The maximum absolute atomic E-state index is 11.4. The molecule has 0 saturated heterocycles. The predicted octanol–water partition coefficient (Wildman–Crippen LogP) is 0.433. The standard InChI is InChI=1S/C10H22N2O2/c1-5-14-9-10(13)12(4)8-6-7-11(2)3/h5-9H2,1-4H3. The van der Waals surface area contributed by atoms with Crippen LogP contribution in [-0.2, 0) is 9.53 Å². The van der Waals surface area contributed by atoms with Crippen molar-refractivity contribution in [3.63, 3.8) is 0 Å². The first-order chi connectivity index (χ1) is 6.57. The smallest absolute Gasteiger partial charge is 0.248 e. The third kappa shape index (κ3) is 6.86. The van der Waals surface area contributed by atoms with Crippen LogP contribution in [0.4, 0.5) is 0 Å². The van der Waals surface area contributed by atoms with E-state index >= 15 is 0 Å². The third-order valence-electron chi connectivity index (χ3n) is 1.95. The molecular weight excluding hydrogens is 180 g/mol. The second-order valence-electron chi connectivity index (χ2n) is 3.61. The minimum absolute atomic E-state index is 0.0607. The van der Waals surface area contributed by atoms with Crippen LogP contribution in [0.1, 0.15) is 13.3 Å². The van der Waals surface area contributed by atoms with Crippen molar-refractivity contribution in [1.82, 2.24) is 9.80 Å². The van der Waals surface area contributed by atoms with Gasteiger partial charge in [0, 0.05) is 20.2 Å². The summed E-state index contributed by atoms with van der Waals surface area (Å²) in [5, 5.41) is 0. The highest BCUT2D eigenvalue weighted by Crippen LogP contribution is 1.91. The molecule has 0 rings (SSSR count). The van der Waals surface area contributed by atoms with Gasteiger partial charge in [-0.1, -0.05) is 0 Å². The zero-order chi connectivity index (χ0) is 11.0. The Morgan fingerprint density at radius 1 is 1.21 bits per heavy atom. The van der Waals surface area contributed by atoms with Crippen LogP contribution in [0.5, 0.6) is 0 Å². The van der Waals surface area contributed by atoms with Crippen LogP contribution in [0.25, 0.3) is 0 Å². The number of hydrogen-bond donors (Lipinski definition) is 0. The summed E-state index contributed by atoms with van der Waals surface area (Å²) in [6.45, 7) is 4.49. The molecule has 0 aliphatic heterocycles. The number of likely N-dealkylation sites (N-methyl/N-ethyl adjacent to an activating group) is 1. The normalized spacial score (nSPS) is 10.6. The Balaban J connectivity index is 3.51. The molecule has 0 spiro atoms. The topological polar surface area (TPSA) is 32.8 Å². The first-order valence-electron chi connectivity index (χ1n) is 5.04. The van der Waals surface area contributed by atoms with Crippen molar-refractivity contribution < 1.29 is 9.53 Å². The Bertz CT molecular complexity index is 160. The summed E-state index contributed by atoms with van der Waals surface area (Å²) in [4.78, 5) is 15.2. The second-order valence-corrected chi connectivity index (χ2v) is 3.61. The van der Waals surface area contributed by atoms with Crippen LogP contribution in [0, 0.1) is 0 Å². The number of hydrogen-bond acceptors (Lipinski definition) is 3. The lowest BCUT2D eigenvalue weighted by atomic mass is 10.3. The minimum Gasteiger partial charge on any atom is -0.372 e. The fourth-order valence-corrected chi connectivity index (χ4v) is 1.05. The molecule has 0 unspecified atom stereocenters. The fraction of sp³-hybridized carbons (Fsp3) is 0.900. The summed E-state index contributed by atoms with van der Waals surface area (Å²) in [6, 6.07) is 0. The molecule has 1 amide bonds. The minimum atomic E-state index is 0.0607. The molecule has 0 atom stereocenters. The van der Waals surface area contributed by atoms with E-state index in [4.69, 9.17) is 4.74 Å². The van der Waals surface area contributed by atoms with Crippen molar-refractivity contribution in [3.05, 3.63) is 0 Å². The third-order valence-corrected chi connectivity index (χ3v) is 1.95. The number of rotatable bonds is 7. The monoisotopic (exact) mass is 202 g/mol. The summed E-state index contributed by atoms with van der Waals surface area (Å²) in [5.74, 6) is 0.0607. The van der Waals surface area contributed by atoms with Crippen molar-refractivity contribution >= 4 is 5.91 Å². The fourth-order valence-electron chi connectivity index (χ4n) is 1.05. The summed E-state index contributed by atoms with van der Waals surface area (Å²) in [6.07, 6.45) is 1.00. The van der Waals surface area contributed by atoms with E-state index < -0.39 is 0 Å². The van der Waals surface area contributed by atoms with Crippen molar-refractivity contribution in [2.24, 2.45) is 0 Å². The van der Waals surface area contributed by atoms with Crippen LogP contribution in [0.15, 0.2) is 0 Å². The second kappa shape index (κ2) is 7.76. The van der Waals surface area contributed by atoms with Crippen LogP contribution in [-0.4, -0.2) is 63.2 Å². The van der Waals surface area contributed by atoms with Gasteiger partial charge in [-0.05, 0) is 34.0 Å². The molecule has 0 radical (unpaired) electrons. The Kier molecular flexibility index (Phi) is 7.42. The van der Waals surface area contributed by atoms with Gasteiger partial charge in [0.05, 0.1) is 0 Å². The molecule has 0 aromatic heterocycles. The first kappa shape index (κ1) is 13.4. The van der Waals surface area contributed by atoms with Crippen molar-refractivity contribution in [1.29, 1.82) is 0 Å². The molecule has 84 valence electrons. The average molecular weight is 202 g/mol. The zero-order valence-electron chi connectivity index (χ0n) is 9.75. The predicted molar refractivity (Wildman–Crippen MR) is 57.3 cm³/mol. The van der Waals surface area contributed by atoms with E-state index in [0.717, 1.165) is 19.5 Å². The van der Waals surface area contributed by atoms with Gasteiger partial charge in [0.2, 0.25) is 5.91 Å². The molecule has 0 aromatic rings. The average Bonchev–Trinajstić information content (AvgIpc) is 2.13. The Morgan fingerprint density at radius 2 is 1.86 bits per heavy atom. The highest BCUT2D eigenvalue weighted by Gasteiger charge is 2.07. The molecule has 0 heterocycles. The molecular formula is C10H22N2O2. The Labute approximate surface area is 86.8 Å². The zero-order valence-corrected chi connectivity index (χ0v) is 9.75. The number of carbonyl (C=O) groups is 1. The maximum Gasteiger partial charge on any atom is 0.248 e. The van der Waals surface area contributed by atoms with E-state index in [1.54, 1.807) is 4.90 Å². The number of ether oxygens (including phenoxy) is 1. The van der Waals surface area contributed by atoms with E-state index in [2.05, 4.69) is 4.90 Å². The summed E-state index contributed by atoms with van der Waals surface area (Å²) >= 11 is 0. The largest absolute Gasteiger partial charge is 0.372 e. The van der Waals surface area contributed by atoms with Gasteiger partial charge in [-0.25, -0.2) is 0 Å². The van der Waals surface area contributed by atoms with Gasteiger partial charge in [-0.15, -0.1) is 0 Å². The lowest BCUT2D eigenvalue weighted by Gasteiger charge is -2.18. The molecule has 0 fully saturated rings. The van der Waals surface area contributed by atoms with E-state index in [1.807, 2.05) is 28.1 Å². The van der Waals surface area contributed by atoms with Crippen LogP contribution >= 0.6 is 0 Å². The van der Waals surface area contributed by atoms with Crippen molar-refractivity contribution in [2.75, 3.05) is 47.4 Å². The number of nitrogens with zero attached hydrogens (tertiary/aromatic N) is 2. The van der Waals surface area contributed by atoms with E-state index in [9.17, 15) is 4.79 Å². The molecule has 0 aromatic carbocycles.